The number of fused-ring (bicyclic) bond motifs is 1. The van der Waals surface area contributed by atoms with Crippen LogP contribution >= 0.6 is 22.9 Å². The van der Waals surface area contributed by atoms with Gasteiger partial charge in [-0.1, -0.05) is 29.3 Å². The SMILES string of the molecule is Cc1ccc(S(=O)(=O)N(CC(=O)N2CCc3sccc3[C@@H]2COc2ccc(Cl)c(C)c2)C(C)C)cc1. The highest BCUT2D eigenvalue weighted by Crippen LogP contribution is 2.34. The zero-order valence-corrected chi connectivity index (χ0v) is 23.3. The number of nitrogens with zero attached hydrogens (tertiary/aromatic N) is 2. The van der Waals surface area contributed by atoms with Crippen molar-refractivity contribution in [2.24, 2.45) is 0 Å². The van der Waals surface area contributed by atoms with E-state index in [1.54, 1.807) is 60.4 Å². The van der Waals surface area contributed by atoms with E-state index >= 15 is 0 Å². The predicted molar refractivity (Wildman–Crippen MR) is 144 cm³/mol. The minimum Gasteiger partial charge on any atom is -0.491 e. The molecule has 9 heteroatoms. The van der Waals surface area contributed by atoms with Crippen LogP contribution in [-0.2, 0) is 21.2 Å². The highest BCUT2D eigenvalue weighted by atomic mass is 35.5. The van der Waals surface area contributed by atoms with Gasteiger partial charge in [0.15, 0.2) is 0 Å². The molecule has 3 aromatic rings. The number of benzene rings is 2. The molecule has 0 N–H and O–H groups in total. The summed E-state index contributed by atoms with van der Waals surface area (Å²) >= 11 is 7.82. The van der Waals surface area contributed by atoms with Gasteiger partial charge in [-0.2, -0.15) is 4.31 Å². The third-order valence-corrected chi connectivity index (χ3v) is 9.90. The zero-order chi connectivity index (χ0) is 26.0. The molecule has 0 saturated heterocycles. The molecule has 192 valence electrons. The second-order valence-electron chi connectivity index (χ2n) is 9.33. The Morgan fingerprint density at radius 1 is 1.17 bits per heavy atom. The van der Waals surface area contributed by atoms with Crippen molar-refractivity contribution >= 4 is 38.9 Å². The van der Waals surface area contributed by atoms with Crippen LogP contribution in [0.5, 0.6) is 5.75 Å². The van der Waals surface area contributed by atoms with E-state index in [-0.39, 0.29) is 36.0 Å². The third kappa shape index (κ3) is 5.62. The van der Waals surface area contributed by atoms with Crippen LogP contribution < -0.4 is 4.74 Å². The molecule has 0 radical (unpaired) electrons. The lowest BCUT2D eigenvalue weighted by Crippen LogP contribution is -2.49. The number of ether oxygens (including phenoxy) is 1. The van der Waals surface area contributed by atoms with Crippen molar-refractivity contribution in [2.45, 2.75) is 51.1 Å². The van der Waals surface area contributed by atoms with Gasteiger partial charge in [-0.3, -0.25) is 4.79 Å². The summed E-state index contributed by atoms with van der Waals surface area (Å²) in [5.74, 6) is 0.439. The first kappa shape index (κ1) is 26.7. The summed E-state index contributed by atoms with van der Waals surface area (Å²) in [4.78, 5) is 16.8. The van der Waals surface area contributed by atoms with Gasteiger partial charge in [-0.15, -0.1) is 11.3 Å². The molecule has 2 heterocycles. The number of thiophene rings is 1. The van der Waals surface area contributed by atoms with Crippen LogP contribution in [0.25, 0.3) is 0 Å². The molecule has 4 rings (SSSR count). The lowest BCUT2D eigenvalue weighted by Gasteiger charge is -2.37. The van der Waals surface area contributed by atoms with Crippen molar-refractivity contribution in [3.63, 3.8) is 0 Å². The minimum atomic E-state index is -3.84. The van der Waals surface area contributed by atoms with Crippen molar-refractivity contribution in [3.8, 4) is 5.75 Å². The number of hydrogen-bond acceptors (Lipinski definition) is 5. The van der Waals surface area contributed by atoms with Gasteiger partial charge in [-0.05, 0) is 87.0 Å². The van der Waals surface area contributed by atoms with E-state index in [1.165, 1.54) is 9.18 Å². The molecule has 0 unspecified atom stereocenters. The molecule has 0 fully saturated rings. The molecule has 1 amide bonds. The highest BCUT2D eigenvalue weighted by molar-refractivity contribution is 7.89. The van der Waals surface area contributed by atoms with Gasteiger partial charge in [0.25, 0.3) is 0 Å². The molecule has 1 aromatic heterocycles. The summed E-state index contributed by atoms with van der Waals surface area (Å²) in [6.07, 6.45) is 0.738. The van der Waals surface area contributed by atoms with Crippen molar-refractivity contribution in [1.29, 1.82) is 0 Å². The average molecular weight is 547 g/mol. The summed E-state index contributed by atoms with van der Waals surface area (Å²) in [6.45, 7) is 7.94. The fourth-order valence-electron chi connectivity index (χ4n) is 4.37. The quantitative estimate of drug-likeness (QED) is 0.367. The monoisotopic (exact) mass is 546 g/mol. The van der Waals surface area contributed by atoms with Gasteiger partial charge in [0.1, 0.15) is 12.4 Å². The smallest absolute Gasteiger partial charge is 0.243 e. The Morgan fingerprint density at radius 2 is 1.89 bits per heavy atom. The Bertz CT molecular complexity index is 1340. The summed E-state index contributed by atoms with van der Waals surface area (Å²) in [5, 5.41) is 2.70. The van der Waals surface area contributed by atoms with Crippen LogP contribution in [-0.4, -0.2) is 49.3 Å². The molecule has 0 spiro atoms. The summed E-state index contributed by atoms with van der Waals surface area (Å²) in [7, 11) is -3.84. The molecule has 1 aliphatic heterocycles. The second kappa shape index (κ2) is 10.9. The number of carbonyl (C=O) groups is 1. The lowest BCUT2D eigenvalue weighted by atomic mass is 10.0. The van der Waals surface area contributed by atoms with Crippen LogP contribution in [0.4, 0.5) is 0 Å². The first-order chi connectivity index (χ1) is 17.1. The summed E-state index contributed by atoms with van der Waals surface area (Å²) < 4.78 is 34.3. The Kier molecular flexibility index (Phi) is 8.09. The van der Waals surface area contributed by atoms with E-state index in [2.05, 4.69) is 0 Å². The number of sulfonamides is 1. The van der Waals surface area contributed by atoms with Gasteiger partial charge in [-0.25, -0.2) is 8.42 Å². The maximum atomic E-state index is 13.6. The van der Waals surface area contributed by atoms with Crippen molar-refractivity contribution in [2.75, 3.05) is 19.7 Å². The molecule has 6 nitrogen and oxygen atoms in total. The van der Waals surface area contributed by atoms with Gasteiger partial charge < -0.3 is 9.64 Å². The molecule has 2 aromatic carbocycles. The van der Waals surface area contributed by atoms with Gasteiger partial charge in [0.2, 0.25) is 15.9 Å². The number of halogens is 1. The van der Waals surface area contributed by atoms with Crippen LogP contribution in [0, 0.1) is 13.8 Å². The molecule has 0 saturated carbocycles. The largest absolute Gasteiger partial charge is 0.491 e. The fraction of sp³-hybridized carbons (Fsp3) is 0.370. The minimum absolute atomic E-state index is 0.186. The maximum absolute atomic E-state index is 13.6. The van der Waals surface area contributed by atoms with Gasteiger partial charge in [0, 0.05) is 22.5 Å². The first-order valence-corrected chi connectivity index (χ1v) is 14.6. The van der Waals surface area contributed by atoms with Crippen LogP contribution in [0.3, 0.4) is 0 Å². The Balaban J connectivity index is 1.57. The molecular weight excluding hydrogens is 516 g/mol. The predicted octanol–water partition coefficient (Wildman–Crippen LogP) is 5.62. The lowest BCUT2D eigenvalue weighted by molar-refractivity contribution is -0.135. The number of amides is 1. The number of rotatable bonds is 8. The second-order valence-corrected chi connectivity index (χ2v) is 12.6. The number of aryl methyl sites for hydroxylation is 2. The standard InChI is InChI=1S/C27H31ClN2O4S2/c1-18(2)30(36(32,33)22-8-5-19(3)6-9-22)16-27(31)29-13-11-26-23(12-14-35-26)25(29)17-34-21-7-10-24(28)20(4)15-21/h5-10,12,14-15,18,25H,11,13,16-17H2,1-4H3/t25-/m0/s1. The number of hydrogen-bond donors (Lipinski definition) is 0. The van der Waals surface area contributed by atoms with Crippen LogP contribution in [0.1, 0.15) is 41.5 Å². The van der Waals surface area contributed by atoms with Gasteiger partial charge in [0.05, 0.1) is 17.5 Å². The molecule has 0 aliphatic carbocycles. The molecular formula is C27H31ClN2O4S2. The van der Waals surface area contributed by atoms with E-state index in [0.717, 1.165) is 23.1 Å². The first-order valence-electron chi connectivity index (χ1n) is 11.9. The van der Waals surface area contributed by atoms with Crippen molar-refractivity contribution < 1.29 is 17.9 Å². The third-order valence-electron chi connectivity index (χ3n) is 6.45. The van der Waals surface area contributed by atoms with E-state index in [1.807, 2.05) is 37.4 Å². The Hall–Kier alpha value is -2.39. The van der Waals surface area contributed by atoms with E-state index in [0.29, 0.717) is 17.3 Å². The Labute approximate surface area is 222 Å². The van der Waals surface area contributed by atoms with Crippen LogP contribution in [0.15, 0.2) is 58.8 Å². The molecule has 0 bridgehead atoms. The van der Waals surface area contributed by atoms with Crippen molar-refractivity contribution in [1.82, 2.24) is 9.21 Å². The number of carbonyl (C=O) groups excluding carboxylic acids is 1. The van der Waals surface area contributed by atoms with E-state index in [4.69, 9.17) is 16.3 Å². The fourth-order valence-corrected chi connectivity index (χ4v) is 7.00. The molecule has 1 atom stereocenters. The molecule has 36 heavy (non-hydrogen) atoms. The van der Waals surface area contributed by atoms with Gasteiger partial charge >= 0.3 is 0 Å². The topological polar surface area (TPSA) is 66.9 Å². The van der Waals surface area contributed by atoms with E-state index in [9.17, 15) is 13.2 Å². The summed E-state index contributed by atoms with van der Waals surface area (Å²) in [6, 6.07) is 13.5. The maximum Gasteiger partial charge on any atom is 0.243 e. The van der Waals surface area contributed by atoms with Crippen LogP contribution in [0.2, 0.25) is 5.02 Å². The zero-order valence-electron chi connectivity index (χ0n) is 20.9. The summed E-state index contributed by atoms with van der Waals surface area (Å²) in [5.41, 5.74) is 2.94. The Morgan fingerprint density at radius 3 is 2.56 bits per heavy atom. The average Bonchev–Trinajstić information content (AvgIpc) is 3.32. The van der Waals surface area contributed by atoms with E-state index < -0.39 is 10.0 Å². The van der Waals surface area contributed by atoms with Crippen molar-refractivity contribution in [3.05, 3.63) is 80.5 Å². The highest BCUT2D eigenvalue weighted by Gasteiger charge is 2.36. The molecule has 1 aliphatic rings. The normalized spacial score (nSPS) is 15.9.